The zero-order valence-electron chi connectivity index (χ0n) is 24.6. The van der Waals surface area contributed by atoms with E-state index in [9.17, 15) is 9.90 Å². The molecule has 5 rings (SSSR count). The van der Waals surface area contributed by atoms with Crippen LogP contribution in [0.5, 0.6) is 17.2 Å². The van der Waals surface area contributed by atoms with Crippen molar-refractivity contribution in [2.24, 2.45) is 0 Å². The van der Waals surface area contributed by atoms with Gasteiger partial charge in [0.1, 0.15) is 17.1 Å². The van der Waals surface area contributed by atoms with Crippen LogP contribution in [-0.4, -0.2) is 39.3 Å². The zero-order valence-corrected chi connectivity index (χ0v) is 24.6. The number of ether oxygens (including phenoxy) is 2. The number of benzene rings is 3. The molecular weight excluding hydrogens is 514 g/mol. The second kappa shape index (κ2) is 12.1. The Morgan fingerprint density at radius 2 is 1.71 bits per heavy atom. The minimum atomic E-state index is -0.443. The van der Waals surface area contributed by atoms with Gasteiger partial charge in [0.25, 0.3) is 5.91 Å². The van der Waals surface area contributed by atoms with Crippen LogP contribution in [0.1, 0.15) is 83.0 Å². The number of aromatic nitrogens is 2. The molecule has 7 heteroatoms. The molecule has 0 bridgehead atoms. The molecule has 1 aliphatic rings. The highest BCUT2D eigenvalue weighted by molar-refractivity contribution is 6.00. The first-order chi connectivity index (χ1) is 19.8. The SMILES string of the molecule is CCCCCOc1ccc(C2c3c(-c4cc(C)cc(C)c4O)n[nH]c3C(=O)N2Cc2ccc(C)cc2)cc1OCC. The number of H-pyrrole nitrogens is 1. The van der Waals surface area contributed by atoms with Gasteiger partial charge in [0.15, 0.2) is 11.5 Å². The first kappa shape index (κ1) is 28.3. The number of phenols is 1. The number of phenolic OH excluding ortho intramolecular Hbond substituents is 1. The van der Waals surface area contributed by atoms with Crippen LogP contribution in [-0.2, 0) is 6.54 Å². The van der Waals surface area contributed by atoms with E-state index >= 15 is 0 Å². The van der Waals surface area contributed by atoms with Crippen molar-refractivity contribution >= 4 is 5.91 Å². The van der Waals surface area contributed by atoms with Gasteiger partial charge < -0.3 is 19.5 Å². The van der Waals surface area contributed by atoms with E-state index in [2.05, 4.69) is 41.4 Å². The zero-order chi connectivity index (χ0) is 29.1. The fourth-order valence-corrected chi connectivity index (χ4v) is 5.56. The quantitative estimate of drug-likeness (QED) is 0.189. The van der Waals surface area contributed by atoms with Gasteiger partial charge in [-0.1, -0.05) is 61.7 Å². The van der Waals surface area contributed by atoms with Gasteiger partial charge in [-0.15, -0.1) is 0 Å². The molecule has 3 aromatic carbocycles. The van der Waals surface area contributed by atoms with Gasteiger partial charge in [0.2, 0.25) is 0 Å². The topological polar surface area (TPSA) is 87.7 Å². The molecule has 214 valence electrons. The second-order valence-corrected chi connectivity index (χ2v) is 10.9. The normalized spacial score (nSPS) is 14.4. The number of carbonyl (C=O) groups is 1. The number of nitrogens with one attached hydrogen (secondary N) is 1. The Kier molecular flexibility index (Phi) is 8.34. The van der Waals surface area contributed by atoms with Gasteiger partial charge in [-0.3, -0.25) is 9.89 Å². The first-order valence-electron chi connectivity index (χ1n) is 14.5. The van der Waals surface area contributed by atoms with Gasteiger partial charge >= 0.3 is 0 Å². The van der Waals surface area contributed by atoms with Crippen LogP contribution in [0.25, 0.3) is 11.3 Å². The number of amides is 1. The Balaban J connectivity index is 1.62. The number of hydrogen-bond donors (Lipinski definition) is 2. The number of rotatable bonds is 11. The lowest BCUT2D eigenvalue weighted by Crippen LogP contribution is -2.29. The lowest BCUT2D eigenvalue weighted by Gasteiger charge is -2.27. The van der Waals surface area contributed by atoms with Crippen molar-refractivity contribution < 1.29 is 19.4 Å². The van der Waals surface area contributed by atoms with Crippen LogP contribution in [0.4, 0.5) is 0 Å². The molecule has 1 unspecified atom stereocenters. The first-order valence-corrected chi connectivity index (χ1v) is 14.5. The highest BCUT2D eigenvalue weighted by Crippen LogP contribution is 2.47. The van der Waals surface area contributed by atoms with Gasteiger partial charge in [-0.25, -0.2) is 0 Å². The van der Waals surface area contributed by atoms with Gasteiger partial charge in [-0.2, -0.15) is 5.10 Å². The standard InChI is InChI=1S/C34H39N3O4/c1-6-8-9-16-41-27-15-14-25(19-28(27)40-7-2)32-29-30(26-18-22(4)17-23(5)33(26)38)35-36-31(29)34(39)37(32)20-24-12-10-21(3)11-13-24/h10-15,17-19,32,38H,6-9,16,20H2,1-5H3,(H,35,36). The number of fused-ring (bicyclic) bond motifs is 1. The van der Waals surface area contributed by atoms with Crippen LogP contribution < -0.4 is 9.47 Å². The Bertz CT molecular complexity index is 1540. The van der Waals surface area contributed by atoms with Crippen molar-refractivity contribution in [2.45, 2.75) is 66.5 Å². The van der Waals surface area contributed by atoms with E-state index in [1.165, 1.54) is 0 Å². The summed E-state index contributed by atoms with van der Waals surface area (Å²) >= 11 is 0. The predicted molar refractivity (Wildman–Crippen MR) is 161 cm³/mol. The molecule has 0 aliphatic carbocycles. The number of unbranched alkanes of at least 4 members (excludes halogenated alkanes) is 2. The molecule has 0 spiro atoms. The molecular formula is C34H39N3O4. The van der Waals surface area contributed by atoms with Crippen LogP contribution in [0, 0.1) is 20.8 Å². The molecule has 1 aliphatic heterocycles. The van der Waals surface area contributed by atoms with Crippen LogP contribution in [0.2, 0.25) is 0 Å². The van der Waals surface area contributed by atoms with Crippen LogP contribution >= 0.6 is 0 Å². The second-order valence-electron chi connectivity index (χ2n) is 10.9. The summed E-state index contributed by atoms with van der Waals surface area (Å²) in [6.07, 6.45) is 3.21. The van der Waals surface area contributed by atoms with Crippen LogP contribution in [0.15, 0.2) is 54.6 Å². The third-order valence-electron chi connectivity index (χ3n) is 7.63. The molecule has 41 heavy (non-hydrogen) atoms. The van der Waals surface area contributed by atoms with E-state index in [4.69, 9.17) is 9.47 Å². The molecule has 2 heterocycles. The summed E-state index contributed by atoms with van der Waals surface area (Å²) in [5, 5.41) is 18.6. The number of aryl methyl sites for hydroxylation is 3. The molecule has 0 fully saturated rings. The average Bonchev–Trinajstić information content (AvgIpc) is 3.49. The minimum absolute atomic E-state index is 0.133. The lowest BCUT2D eigenvalue weighted by atomic mass is 9.93. The molecule has 1 atom stereocenters. The molecule has 0 radical (unpaired) electrons. The minimum Gasteiger partial charge on any atom is -0.507 e. The molecule has 1 amide bonds. The van der Waals surface area contributed by atoms with Crippen molar-refractivity contribution in [2.75, 3.05) is 13.2 Å². The fraction of sp³-hybridized carbons (Fsp3) is 0.353. The lowest BCUT2D eigenvalue weighted by molar-refractivity contribution is 0.0729. The van der Waals surface area contributed by atoms with Crippen molar-refractivity contribution in [3.05, 3.63) is 93.7 Å². The summed E-state index contributed by atoms with van der Waals surface area (Å²) in [6, 6.07) is 17.6. The maximum Gasteiger partial charge on any atom is 0.273 e. The third kappa shape index (κ3) is 5.67. The van der Waals surface area contributed by atoms with Gasteiger partial charge in [-0.05, 0) is 74.6 Å². The molecule has 0 saturated carbocycles. The highest BCUT2D eigenvalue weighted by Gasteiger charge is 2.43. The van der Waals surface area contributed by atoms with E-state index in [1.54, 1.807) is 0 Å². The average molecular weight is 554 g/mol. The predicted octanol–water partition coefficient (Wildman–Crippen LogP) is 7.42. The summed E-state index contributed by atoms with van der Waals surface area (Å²) < 4.78 is 12.1. The largest absolute Gasteiger partial charge is 0.507 e. The van der Waals surface area contributed by atoms with Crippen molar-refractivity contribution in [3.63, 3.8) is 0 Å². The summed E-state index contributed by atoms with van der Waals surface area (Å²) in [5.41, 5.74) is 7.22. The third-order valence-corrected chi connectivity index (χ3v) is 7.63. The summed E-state index contributed by atoms with van der Waals surface area (Å²) in [6.45, 7) is 11.6. The smallest absolute Gasteiger partial charge is 0.273 e. The number of aromatic hydroxyl groups is 1. The van der Waals surface area contributed by atoms with Crippen LogP contribution in [0.3, 0.4) is 0 Å². The van der Waals surface area contributed by atoms with E-state index < -0.39 is 6.04 Å². The molecule has 4 aromatic rings. The Hall–Kier alpha value is -4.26. The monoisotopic (exact) mass is 553 g/mol. The van der Waals surface area contributed by atoms with Crippen molar-refractivity contribution in [3.8, 4) is 28.5 Å². The van der Waals surface area contributed by atoms with Crippen molar-refractivity contribution in [1.29, 1.82) is 0 Å². The van der Waals surface area contributed by atoms with E-state index in [-0.39, 0.29) is 11.7 Å². The molecule has 0 saturated heterocycles. The van der Waals surface area contributed by atoms with Gasteiger partial charge in [0.05, 0.1) is 19.3 Å². The summed E-state index contributed by atoms with van der Waals surface area (Å²) in [7, 11) is 0. The number of aromatic amines is 1. The Labute approximate surface area is 242 Å². The molecule has 2 N–H and O–H groups in total. The van der Waals surface area contributed by atoms with Crippen molar-refractivity contribution in [1.82, 2.24) is 15.1 Å². The Morgan fingerprint density at radius 3 is 2.44 bits per heavy atom. The fourth-order valence-electron chi connectivity index (χ4n) is 5.56. The van der Waals surface area contributed by atoms with Gasteiger partial charge in [0, 0.05) is 17.7 Å². The van der Waals surface area contributed by atoms with E-state index in [0.29, 0.717) is 48.2 Å². The molecule has 7 nitrogen and oxygen atoms in total. The van der Waals surface area contributed by atoms with E-state index in [1.807, 2.05) is 62.9 Å². The molecule has 1 aromatic heterocycles. The highest BCUT2D eigenvalue weighted by atomic mass is 16.5. The number of nitrogens with zero attached hydrogens (tertiary/aromatic N) is 2. The summed E-state index contributed by atoms with van der Waals surface area (Å²) in [5.74, 6) is 1.38. The van der Waals surface area contributed by atoms with E-state index in [0.717, 1.165) is 52.6 Å². The Morgan fingerprint density at radius 1 is 0.927 bits per heavy atom. The summed E-state index contributed by atoms with van der Waals surface area (Å²) in [4.78, 5) is 15.8. The maximum absolute atomic E-state index is 13.9. The maximum atomic E-state index is 13.9. The number of hydrogen-bond acceptors (Lipinski definition) is 5. The number of carbonyl (C=O) groups excluding carboxylic acids is 1.